The average molecular weight is 232 g/mol. The van der Waals surface area contributed by atoms with Crippen LogP contribution in [0.25, 0.3) is 0 Å². The molecule has 0 aliphatic rings. The second-order valence-corrected chi connectivity index (χ2v) is 3.96. The summed E-state index contributed by atoms with van der Waals surface area (Å²) in [5, 5.41) is 0.125. The van der Waals surface area contributed by atoms with E-state index >= 15 is 0 Å². The molecule has 1 aromatic rings. The predicted octanol–water partition coefficient (Wildman–Crippen LogP) is 2.69. The van der Waals surface area contributed by atoms with Crippen molar-refractivity contribution in [3.8, 4) is 0 Å². The number of methoxy groups -OCH3 is 1. The first-order chi connectivity index (χ1) is 7.10. The molecule has 0 spiro atoms. The first-order valence-electron chi connectivity index (χ1n) is 4.77. The Balaban J connectivity index is 3.12. The van der Waals surface area contributed by atoms with E-state index in [4.69, 9.17) is 22.1 Å². The molecule has 0 saturated carbocycles. The normalized spacial score (nSPS) is 12.9. The third-order valence-corrected chi connectivity index (χ3v) is 2.59. The van der Waals surface area contributed by atoms with E-state index in [1.165, 1.54) is 0 Å². The summed E-state index contributed by atoms with van der Waals surface area (Å²) in [6.45, 7) is 2.68. The van der Waals surface area contributed by atoms with Gasteiger partial charge in [-0.2, -0.15) is 0 Å². The third kappa shape index (κ3) is 2.91. The minimum atomic E-state index is -0.380. The van der Waals surface area contributed by atoms with Crippen LogP contribution in [0.4, 0.5) is 4.39 Å². The minimum absolute atomic E-state index is 0.0423. The zero-order valence-corrected chi connectivity index (χ0v) is 9.64. The highest BCUT2D eigenvalue weighted by molar-refractivity contribution is 6.30. The van der Waals surface area contributed by atoms with Crippen LogP contribution >= 0.6 is 11.6 Å². The second kappa shape index (κ2) is 5.45. The lowest BCUT2D eigenvalue weighted by molar-refractivity contribution is 0.184. The summed E-state index contributed by atoms with van der Waals surface area (Å²) in [4.78, 5) is 0. The van der Waals surface area contributed by atoms with Crippen molar-refractivity contribution in [3.63, 3.8) is 0 Å². The molecule has 1 aromatic carbocycles. The Labute approximate surface area is 94.2 Å². The Morgan fingerprint density at radius 3 is 2.73 bits per heavy atom. The largest absolute Gasteiger partial charge is 0.380 e. The lowest BCUT2D eigenvalue weighted by atomic mass is 9.98. The van der Waals surface area contributed by atoms with Crippen LogP contribution < -0.4 is 5.73 Å². The van der Waals surface area contributed by atoms with Crippen LogP contribution in [0, 0.1) is 5.82 Å². The molecule has 0 amide bonds. The van der Waals surface area contributed by atoms with Gasteiger partial charge in [-0.25, -0.2) is 4.39 Å². The van der Waals surface area contributed by atoms with Crippen molar-refractivity contribution < 1.29 is 9.13 Å². The molecule has 0 fully saturated rings. The van der Waals surface area contributed by atoms with Crippen LogP contribution in [0.3, 0.4) is 0 Å². The lowest BCUT2D eigenvalue weighted by Crippen LogP contribution is -2.11. The van der Waals surface area contributed by atoms with Gasteiger partial charge in [-0.3, -0.25) is 0 Å². The van der Waals surface area contributed by atoms with E-state index in [-0.39, 0.29) is 16.8 Å². The molecule has 0 saturated heterocycles. The van der Waals surface area contributed by atoms with Crippen molar-refractivity contribution in [1.29, 1.82) is 0 Å². The zero-order valence-electron chi connectivity index (χ0n) is 8.89. The molecule has 0 aliphatic carbocycles. The monoisotopic (exact) mass is 231 g/mol. The van der Waals surface area contributed by atoms with Gasteiger partial charge in [0.15, 0.2) is 0 Å². The van der Waals surface area contributed by atoms with E-state index in [2.05, 4.69) is 0 Å². The first kappa shape index (κ1) is 12.4. The Morgan fingerprint density at radius 1 is 1.53 bits per heavy atom. The van der Waals surface area contributed by atoms with E-state index in [9.17, 15) is 4.39 Å². The number of benzene rings is 1. The first-order valence-corrected chi connectivity index (χ1v) is 5.14. The summed E-state index contributed by atoms with van der Waals surface area (Å²) < 4.78 is 18.6. The highest BCUT2D eigenvalue weighted by Crippen LogP contribution is 2.26. The zero-order chi connectivity index (χ0) is 11.4. The molecule has 0 aromatic heterocycles. The van der Waals surface area contributed by atoms with Crippen molar-refractivity contribution >= 4 is 11.6 Å². The molecule has 0 heterocycles. The molecule has 0 radical (unpaired) electrons. The van der Waals surface area contributed by atoms with E-state index in [1.54, 1.807) is 19.2 Å². The summed E-state index contributed by atoms with van der Waals surface area (Å²) in [7, 11) is 1.59. The van der Waals surface area contributed by atoms with Crippen molar-refractivity contribution in [3.05, 3.63) is 34.1 Å². The fourth-order valence-corrected chi connectivity index (χ4v) is 1.65. The van der Waals surface area contributed by atoms with E-state index < -0.39 is 0 Å². The molecule has 4 heteroatoms. The van der Waals surface area contributed by atoms with Gasteiger partial charge in [0, 0.05) is 7.11 Å². The molecule has 84 valence electrons. The van der Waals surface area contributed by atoms with Gasteiger partial charge in [-0.15, -0.1) is 0 Å². The summed E-state index contributed by atoms with van der Waals surface area (Å²) in [5.74, 6) is -0.422. The van der Waals surface area contributed by atoms with Gasteiger partial charge in [-0.1, -0.05) is 24.6 Å². The standard InChI is InChI=1S/C11H15ClFNO/c1-7(5-14)9-3-8(6-15-2)4-10(12)11(9)13/h3-4,7H,5-6,14H2,1-2H3. The molecule has 1 unspecified atom stereocenters. The van der Waals surface area contributed by atoms with Crippen LogP contribution in [0.2, 0.25) is 5.02 Å². The molecule has 2 nitrogen and oxygen atoms in total. The van der Waals surface area contributed by atoms with Gasteiger partial charge in [-0.05, 0) is 29.7 Å². The van der Waals surface area contributed by atoms with Crippen LogP contribution in [0.5, 0.6) is 0 Å². The Bertz CT molecular complexity index is 344. The van der Waals surface area contributed by atoms with Gasteiger partial charge in [0.2, 0.25) is 0 Å². The molecule has 15 heavy (non-hydrogen) atoms. The molecule has 1 atom stereocenters. The van der Waals surface area contributed by atoms with Gasteiger partial charge >= 0.3 is 0 Å². The molecule has 2 N–H and O–H groups in total. The van der Waals surface area contributed by atoms with Gasteiger partial charge in [0.25, 0.3) is 0 Å². The summed E-state index contributed by atoms with van der Waals surface area (Å²) >= 11 is 5.78. The molecule has 0 aliphatic heterocycles. The number of ether oxygens (including phenoxy) is 1. The molecular formula is C11H15ClFNO. The molecular weight excluding hydrogens is 217 g/mol. The van der Waals surface area contributed by atoms with E-state index in [0.29, 0.717) is 18.7 Å². The second-order valence-electron chi connectivity index (χ2n) is 3.55. The van der Waals surface area contributed by atoms with Crippen LogP contribution in [-0.4, -0.2) is 13.7 Å². The highest BCUT2D eigenvalue weighted by Gasteiger charge is 2.14. The number of halogens is 2. The predicted molar refractivity (Wildman–Crippen MR) is 59.6 cm³/mol. The Morgan fingerprint density at radius 2 is 2.20 bits per heavy atom. The van der Waals surface area contributed by atoms with Crippen molar-refractivity contribution in [2.45, 2.75) is 19.4 Å². The van der Waals surface area contributed by atoms with Crippen molar-refractivity contribution in [2.24, 2.45) is 5.73 Å². The third-order valence-electron chi connectivity index (χ3n) is 2.31. The van der Waals surface area contributed by atoms with Gasteiger partial charge in [0.1, 0.15) is 5.82 Å². The van der Waals surface area contributed by atoms with Crippen LogP contribution in [-0.2, 0) is 11.3 Å². The van der Waals surface area contributed by atoms with Crippen molar-refractivity contribution in [2.75, 3.05) is 13.7 Å². The molecule has 0 bridgehead atoms. The van der Waals surface area contributed by atoms with E-state index in [1.807, 2.05) is 6.92 Å². The number of rotatable bonds is 4. The number of hydrogen-bond acceptors (Lipinski definition) is 2. The minimum Gasteiger partial charge on any atom is -0.380 e. The number of nitrogens with two attached hydrogens (primary N) is 1. The Hall–Kier alpha value is -0.640. The Kier molecular flexibility index (Phi) is 4.51. The quantitative estimate of drug-likeness (QED) is 0.865. The molecule has 1 rings (SSSR count). The van der Waals surface area contributed by atoms with Gasteiger partial charge in [0.05, 0.1) is 11.6 Å². The topological polar surface area (TPSA) is 35.2 Å². The van der Waals surface area contributed by atoms with Crippen molar-refractivity contribution in [1.82, 2.24) is 0 Å². The lowest BCUT2D eigenvalue weighted by Gasteiger charge is -2.13. The fraction of sp³-hybridized carbons (Fsp3) is 0.455. The maximum Gasteiger partial charge on any atom is 0.145 e. The highest BCUT2D eigenvalue weighted by atomic mass is 35.5. The summed E-state index contributed by atoms with van der Waals surface area (Å²) in [6.07, 6.45) is 0. The fourth-order valence-electron chi connectivity index (χ4n) is 1.40. The van der Waals surface area contributed by atoms with E-state index in [0.717, 1.165) is 5.56 Å². The number of hydrogen-bond donors (Lipinski definition) is 1. The van der Waals surface area contributed by atoms with Crippen LogP contribution in [0.15, 0.2) is 12.1 Å². The van der Waals surface area contributed by atoms with Crippen LogP contribution in [0.1, 0.15) is 24.0 Å². The maximum atomic E-state index is 13.6. The summed E-state index contributed by atoms with van der Waals surface area (Å²) in [6, 6.07) is 3.33. The smallest absolute Gasteiger partial charge is 0.145 e. The average Bonchev–Trinajstić information content (AvgIpc) is 2.22. The maximum absolute atomic E-state index is 13.6. The SMILES string of the molecule is COCc1cc(Cl)c(F)c(C(C)CN)c1. The van der Waals surface area contributed by atoms with Gasteiger partial charge < -0.3 is 10.5 Å². The summed E-state index contributed by atoms with van der Waals surface area (Å²) in [5.41, 5.74) is 6.92.